The smallest absolute Gasteiger partial charge is 0.161 e. The Bertz CT molecular complexity index is 671. The highest BCUT2D eigenvalue weighted by molar-refractivity contribution is 6.42. The summed E-state index contributed by atoms with van der Waals surface area (Å²) in [7, 11) is 0. The molecule has 1 aromatic carbocycles. The first-order valence-electron chi connectivity index (χ1n) is 7.28. The summed E-state index contributed by atoms with van der Waals surface area (Å²) in [5.41, 5.74) is 3.33. The number of halogens is 2. The van der Waals surface area contributed by atoms with Gasteiger partial charge in [0, 0.05) is 23.4 Å². The van der Waals surface area contributed by atoms with Crippen LogP contribution in [0.5, 0.6) is 0 Å². The van der Waals surface area contributed by atoms with Crippen LogP contribution in [0.1, 0.15) is 31.0 Å². The minimum Gasteiger partial charge on any atom is -0.370 e. The van der Waals surface area contributed by atoms with E-state index in [0.29, 0.717) is 15.9 Å². The van der Waals surface area contributed by atoms with E-state index in [-0.39, 0.29) is 0 Å². The van der Waals surface area contributed by atoms with Gasteiger partial charge in [-0.1, -0.05) is 23.2 Å². The van der Waals surface area contributed by atoms with E-state index in [4.69, 9.17) is 33.2 Å². The molecule has 1 aliphatic carbocycles. The van der Waals surface area contributed by atoms with Crippen molar-refractivity contribution in [3.05, 3.63) is 39.5 Å². The summed E-state index contributed by atoms with van der Waals surface area (Å²) in [4.78, 5) is 9.44. The Balaban J connectivity index is 2.09. The van der Waals surface area contributed by atoms with E-state index in [9.17, 15) is 0 Å². The number of benzene rings is 1. The molecule has 1 aromatic heterocycles. The van der Waals surface area contributed by atoms with E-state index in [0.717, 1.165) is 36.5 Å². The molecule has 0 amide bonds. The number of anilines is 1. The highest BCUT2D eigenvalue weighted by Crippen LogP contribution is 2.31. The summed E-state index contributed by atoms with van der Waals surface area (Å²) in [5.74, 6) is 1.67. The summed E-state index contributed by atoms with van der Waals surface area (Å²) >= 11 is 12.1. The standard InChI is InChI=1S/C16H17Cl2N3/c1-2-19-16-11-5-3-4-6-14(11)20-15(21-16)10-7-8-12(17)13(18)9-10/h7-9H,2-6H2,1H3,(H,19,20,21). The maximum absolute atomic E-state index is 6.10. The highest BCUT2D eigenvalue weighted by atomic mass is 35.5. The van der Waals surface area contributed by atoms with Crippen molar-refractivity contribution in [2.45, 2.75) is 32.6 Å². The molecule has 2 aromatic rings. The number of aromatic nitrogens is 2. The Morgan fingerprint density at radius 2 is 1.90 bits per heavy atom. The Morgan fingerprint density at radius 1 is 1.10 bits per heavy atom. The minimum absolute atomic E-state index is 0.528. The van der Waals surface area contributed by atoms with E-state index in [1.165, 1.54) is 18.4 Å². The third kappa shape index (κ3) is 2.99. The summed E-state index contributed by atoms with van der Waals surface area (Å²) < 4.78 is 0. The van der Waals surface area contributed by atoms with Crippen LogP contribution in [-0.2, 0) is 12.8 Å². The second-order valence-corrected chi connectivity index (χ2v) is 6.00. The molecule has 1 heterocycles. The van der Waals surface area contributed by atoms with Gasteiger partial charge in [0.05, 0.1) is 10.0 Å². The lowest BCUT2D eigenvalue weighted by Gasteiger charge is -2.19. The molecule has 3 nitrogen and oxygen atoms in total. The molecule has 0 radical (unpaired) electrons. The molecular weight excluding hydrogens is 305 g/mol. The third-order valence-electron chi connectivity index (χ3n) is 3.71. The van der Waals surface area contributed by atoms with Crippen molar-refractivity contribution in [2.24, 2.45) is 0 Å². The molecule has 110 valence electrons. The fourth-order valence-corrected chi connectivity index (χ4v) is 2.97. The maximum Gasteiger partial charge on any atom is 0.161 e. The molecule has 0 aliphatic heterocycles. The number of hydrogen-bond acceptors (Lipinski definition) is 3. The van der Waals surface area contributed by atoms with Gasteiger partial charge < -0.3 is 5.32 Å². The van der Waals surface area contributed by atoms with E-state index in [1.54, 1.807) is 6.07 Å². The topological polar surface area (TPSA) is 37.8 Å². The zero-order valence-electron chi connectivity index (χ0n) is 11.9. The monoisotopic (exact) mass is 321 g/mol. The predicted molar refractivity (Wildman–Crippen MR) is 88.3 cm³/mol. The van der Waals surface area contributed by atoms with Crippen molar-refractivity contribution in [1.29, 1.82) is 0 Å². The zero-order chi connectivity index (χ0) is 14.8. The molecule has 21 heavy (non-hydrogen) atoms. The molecular formula is C16H17Cl2N3. The first-order chi connectivity index (χ1) is 10.2. The Labute approximate surface area is 134 Å². The summed E-state index contributed by atoms with van der Waals surface area (Å²) in [6.07, 6.45) is 4.47. The van der Waals surface area contributed by atoms with E-state index >= 15 is 0 Å². The highest BCUT2D eigenvalue weighted by Gasteiger charge is 2.18. The van der Waals surface area contributed by atoms with Crippen LogP contribution in [0.25, 0.3) is 11.4 Å². The Hall–Kier alpha value is -1.32. The Morgan fingerprint density at radius 3 is 2.67 bits per heavy atom. The lowest BCUT2D eigenvalue weighted by atomic mass is 9.96. The van der Waals surface area contributed by atoms with Crippen molar-refractivity contribution >= 4 is 29.0 Å². The maximum atomic E-state index is 6.10. The third-order valence-corrected chi connectivity index (χ3v) is 4.44. The average Bonchev–Trinajstić information content (AvgIpc) is 2.50. The molecule has 5 heteroatoms. The molecule has 0 atom stereocenters. The van der Waals surface area contributed by atoms with Gasteiger partial charge in [0.25, 0.3) is 0 Å². The van der Waals surface area contributed by atoms with E-state index in [2.05, 4.69) is 12.2 Å². The van der Waals surface area contributed by atoms with Gasteiger partial charge in [0.2, 0.25) is 0 Å². The molecule has 0 saturated carbocycles. The van der Waals surface area contributed by atoms with Gasteiger partial charge in [-0.2, -0.15) is 0 Å². The average molecular weight is 322 g/mol. The summed E-state index contributed by atoms with van der Waals surface area (Å²) in [5, 5.41) is 4.44. The molecule has 1 aliphatic rings. The van der Waals surface area contributed by atoms with Gasteiger partial charge in [-0.15, -0.1) is 0 Å². The lowest BCUT2D eigenvalue weighted by molar-refractivity contribution is 0.665. The number of fused-ring (bicyclic) bond motifs is 1. The molecule has 1 N–H and O–H groups in total. The first kappa shape index (κ1) is 14.6. The molecule has 0 unspecified atom stereocenters. The van der Waals surface area contributed by atoms with Gasteiger partial charge in [-0.3, -0.25) is 0 Å². The van der Waals surface area contributed by atoms with Crippen LogP contribution >= 0.6 is 23.2 Å². The van der Waals surface area contributed by atoms with Crippen LogP contribution in [-0.4, -0.2) is 16.5 Å². The van der Waals surface area contributed by atoms with Crippen LogP contribution in [0.15, 0.2) is 18.2 Å². The molecule has 0 saturated heterocycles. The Kier molecular flexibility index (Phi) is 4.32. The van der Waals surface area contributed by atoms with Crippen LogP contribution in [0.4, 0.5) is 5.82 Å². The molecule has 0 spiro atoms. The molecule has 3 rings (SSSR count). The zero-order valence-corrected chi connectivity index (χ0v) is 13.4. The van der Waals surface area contributed by atoms with Crippen molar-refractivity contribution in [1.82, 2.24) is 9.97 Å². The van der Waals surface area contributed by atoms with Crippen LogP contribution in [0.2, 0.25) is 10.0 Å². The SMILES string of the molecule is CCNc1nc(-c2ccc(Cl)c(Cl)c2)nc2c1CCCC2. The number of nitrogens with zero attached hydrogens (tertiary/aromatic N) is 2. The normalized spacial score (nSPS) is 13.9. The molecule has 0 bridgehead atoms. The van der Waals surface area contributed by atoms with Crippen molar-refractivity contribution in [2.75, 3.05) is 11.9 Å². The first-order valence-corrected chi connectivity index (χ1v) is 8.03. The number of rotatable bonds is 3. The second-order valence-electron chi connectivity index (χ2n) is 5.19. The van der Waals surface area contributed by atoms with Gasteiger partial charge in [-0.25, -0.2) is 9.97 Å². The summed E-state index contributed by atoms with van der Waals surface area (Å²) in [6.45, 7) is 2.93. The fourth-order valence-electron chi connectivity index (χ4n) is 2.67. The number of aryl methyl sites for hydroxylation is 1. The molecule has 0 fully saturated rings. The van der Waals surface area contributed by atoms with Gasteiger partial charge in [-0.05, 0) is 50.8 Å². The van der Waals surface area contributed by atoms with Crippen LogP contribution < -0.4 is 5.32 Å². The largest absolute Gasteiger partial charge is 0.370 e. The van der Waals surface area contributed by atoms with Crippen molar-refractivity contribution in [3.63, 3.8) is 0 Å². The van der Waals surface area contributed by atoms with Gasteiger partial charge in [0.1, 0.15) is 5.82 Å². The van der Waals surface area contributed by atoms with Crippen LogP contribution in [0.3, 0.4) is 0 Å². The van der Waals surface area contributed by atoms with Gasteiger partial charge >= 0.3 is 0 Å². The van der Waals surface area contributed by atoms with Gasteiger partial charge in [0.15, 0.2) is 5.82 Å². The van der Waals surface area contributed by atoms with Crippen molar-refractivity contribution in [3.8, 4) is 11.4 Å². The van der Waals surface area contributed by atoms with Crippen molar-refractivity contribution < 1.29 is 0 Å². The second kappa shape index (κ2) is 6.20. The quantitative estimate of drug-likeness (QED) is 0.885. The number of nitrogens with one attached hydrogen (secondary N) is 1. The summed E-state index contributed by atoms with van der Waals surface area (Å²) in [6, 6.07) is 5.52. The predicted octanol–water partition coefficient (Wildman–Crippen LogP) is 4.76. The fraction of sp³-hybridized carbons (Fsp3) is 0.375. The van der Waals surface area contributed by atoms with E-state index < -0.39 is 0 Å². The van der Waals surface area contributed by atoms with E-state index in [1.807, 2.05) is 12.1 Å². The number of hydrogen-bond donors (Lipinski definition) is 1. The lowest BCUT2D eigenvalue weighted by Crippen LogP contribution is -2.13. The minimum atomic E-state index is 0.528. The van der Waals surface area contributed by atoms with Crippen LogP contribution in [0, 0.1) is 0 Å².